The fourth-order valence-electron chi connectivity index (χ4n) is 3.10. The average Bonchev–Trinajstić information content (AvgIpc) is 2.89. The summed E-state index contributed by atoms with van der Waals surface area (Å²) in [6.07, 6.45) is 3.16. The van der Waals surface area contributed by atoms with Crippen molar-refractivity contribution in [1.29, 1.82) is 0 Å². The Morgan fingerprint density at radius 3 is 2.64 bits per heavy atom. The molecule has 0 radical (unpaired) electrons. The number of aryl methyl sites for hydroxylation is 1. The van der Waals surface area contributed by atoms with Gasteiger partial charge in [-0.05, 0) is 57.1 Å². The van der Waals surface area contributed by atoms with Crippen LogP contribution < -0.4 is 10.6 Å². The van der Waals surface area contributed by atoms with Gasteiger partial charge >= 0.3 is 0 Å². The molecule has 2 aromatic rings. The van der Waals surface area contributed by atoms with Crippen LogP contribution in [0.15, 0.2) is 46.5 Å². The molecular formula is C19H23BrClN3O. The summed E-state index contributed by atoms with van der Waals surface area (Å²) in [6, 6.07) is 10.1. The van der Waals surface area contributed by atoms with Crippen molar-refractivity contribution in [2.24, 2.45) is 0 Å². The van der Waals surface area contributed by atoms with E-state index in [1.807, 2.05) is 44.2 Å². The molecule has 1 aromatic carbocycles. The summed E-state index contributed by atoms with van der Waals surface area (Å²) in [7, 11) is 0. The Bertz CT molecular complexity index is 781. The van der Waals surface area contributed by atoms with E-state index in [0.29, 0.717) is 6.54 Å². The van der Waals surface area contributed by atoms with Crippen molar-refractivity contribution in [3.05, 3.63) is 63.4 Å². The highest BCUT2D eigenvalue weighted by atomic mass is 79.9. The number of aromatic nitrogens is 1. The summed E-state index contributed by atoms with van der Waals surface area (Å²) in [4.78, 5) is 12.6. The molecule has 0 saturated carbocycles. The maximum Gasteiger partial charge on any atom is 0.253 e. The predicted octanol–water partition coefficient (Wildman–Crippen LogP) is 3.93. The Hall–Kier alpha value is -1.56. The largest absolute Gasteiger partial charge is 0.348 e. The number of carbonyl (C=O) groups is 1. The minimum Gasteiger partial charge on any atom is -0.348 e. The highest BCUT2D eigenvalue weighted by Crippen LogP contribution is 2.22. The highest BCUT2D eigenvalue weighted by Gasteiger charge is 2.17. The first-order valence-electron chi connectivity index (χ1n) is 8.18. The van der Waals surface area contributed by atoms with Gasteiger partial charge in [-0.25, -0.2) is 0 Å². The van der Waals surface area contributed by atoms with Gasteiger partial charge in [0.1, 0.15) is 0 Å². The fraction of sp³-hybridized carbons (Fsp3) is 0.316. The number of halogens is 2. The molecule has 25 heavy (non-hydrogen) atoms. The van der Waals surface area contributed by atoms with Crippen molar-refractivity contribution in [3.63, 3.8) is 0 Å². The second kappa shape index (κ2) is 8.70. The summed E-state index contributed by atoms with van der Waals surface area (Å²) in [5, 5.41) is 6.34. The lowest BCUT2D eigenvalue weighted by Gasteiger charge is -2.14. The molecule has 1 aliphatic heterocycles. The summed E-state index contributed by atoms with van der Waals surface area (Å²) in [5.41, 5.74) is 5.12. The van der Waals surface area contributed by atoms with Gasteiger partial charge in [0.2, 0.25) is 0 Å². The van der Waals surface area contributed by atoms with E-state index < -0.39 is 0 Å². The molecule has 134 valence electrons. The molecule has 0 fully saturated rings. The zero-order valence-electron chi connectivity index (χ0n) is 14.4. The first kappa shape index (κ1) is 19.8. The Labute approximate surface area is 163 Å². The van der Waals surface area contributed by atoms with Gasteiger partial charge in [-0.15, -0.1) is 12.4 Å². The number of benzene rings is 1. The van der Waals surface area contributed by atoms with Gasteiger partial charge in [0.25, 0.3) is 5.91 Å². The van der Waals surface area contributed by atoms with Crippen LogP contribution in [0.3, 0.4) is 0 Å². The molecule has 0 unspecified atom stereocenters. The first-order chi connectivity index (χ1) is 11.6. The summed E-state index contributed by atoms with van der Waals surface area (Å²) in [6.45, 7) is 6.53. The molecule has 1 aliphatic rings. The molecule has 4 nitrogen and oxygen atoms in total. The Balaban J connectivity index is 0.00000225. The van der Waals surface area contributed by atoms with E-state index in [-0.39, 0.29) is 18.3 Å². The minimum atomic E-state index is -0.00843. The van der Waals surface area contributed by atoms with Crippen molar-refractivity contribution in [2.75, 3.05) is 19.6 Å². The van der Waals surface area contributed by atoms with Crippen molar-refractivity contribution >= 4 is 34.2 Å². The van der Waals surface area contributed by atoms with Gasteiger partial charge in [0, 0.05) is 34.6 Å². The second-order valence-electron chi connectivity index (χ2n) is 6.10. The van der Waals surface area contributed by atoms with E-state index in [4.69, 9.17) is 0 Å². The standard InChI is InChI=1S/C19H22BrN3O.ClH/c1-13-11-18(19(24)22-12-15-7-9-21-10-8-15)14(2)23(13)17-5-3-16(20)4-6-17;/h3-7,11,21H,8-10,12H2,1-2H3,(H,22,24);1H. The van der Waals surface area contributed by atoms with E-state index in [1.165, 1.54) is 5.57 Å². The van der Waals surface area contributed by atoms with Gasteiger partial charge in [-0.3, -0.25) is 4.79 Å². The van der Waals surface area contributed by atoms with Gasteiger partial charge < -0.3 is 15.2 Å². The van der Waals surface area contributed by atoms with Crippen molar-refractivity contribution < 1.29 is 4.79 Å². The summed E-state index contributed by atoms with van der Waals surface area (Å²) in [5.74, 6) is -0.00843. The lowest BCUT2D eigenvalue weighted by atomic mass is 10.1. The third-order valence-corrected chi connectivity index (χ3v) is 4.92. The Morgan fingerprint density at radius 1 is 1.28 bits per heavy atom. The number of hydrogen-bond donors (Lipinski definition) is 2. The van der Waals surface area contributed by atoms with E-state index in [0.717, 1.165) is 46.6 Å². The maximum atomic E-state index is 12.6. The number of carbonyl (C=O) groups excluding carboxylic acids is 1. The fourth-order valence-corrected chi connectivity index (χ4v) is 3.36. The number of nitrogens with zero attached hydrogens (tertiary/aromatic N) is 1. The molecule has 3 rings (SSSR count). The minimum absolute atomic E-state index is 0. The van der Waals surface area contributed by atoms with Gasteiger partial charge in [0.15, 0.2) is 0 Å². The van der Waals surface area contributed by atoms with E-state index in [9.17, 15) is 4.79 Å². The van der Waals surface area contributed by atoms with Crippen LogP contribution in [-0.4, -0.2) is 30.1 Å². The van der Waals surface area contributed by atoms with Crippen molar-refractivity contribution in [2.45, 2.75) is 20.3 Å². The van der Waals surface area contributed by atoms with Crippen molar-refractivity contribution in [3.8, 4) is 5.69 Å². The monoisotopic (exact) mass is 423 g/mol. The van der Waals surface area contributed by atoms with Crippen LogP contribution in [-0.2, 0) is 0 Å². The molecule has 2 heterocycles. The average molecular weight is 425 g/mol. The molecule has 0 spiro atoms. The smallest absolute Gasteiger partial charge is 0.253 e. The third kappa shape index (κ3) is 4.54. The van der Waals surface area contributed by atoms with Gasteiger partial charge in [-0.1, -0.05) is 27.6 Å². The normalized spacial score (nSPS) is 13.8. The molecule has 2 N–H and O–H groups in total. The quantitative estimate of drug-likeness (QED) is 0.731. The van der Waals surface area contributed by atoms with Crippen LogP contribution in [0.1, 0.15) is 28.2 Å². The van der Waals surface area contributed by atoms with Gasteiger partial charge in [-0.2, -0.15) is 0 Å². The molecule has 0 saturated heterocycles. The SMILES string of the molecule is Cc1cc(C(=O)NCC2=CCNCC2)c(C)n1-c1ccc(Br)cc1.Cl. The van der Waals surface area contributed by atoms with Crippen LogP contribution >= 0.6 is 28.3 Å². The maximum absolute atomic E-state index is 12.6. The number of amides is 1. The number of rotatable bonds is 4. The van der Waals surface area contributed by atoms with E-state index in [1.54, 1.807) is 0 Å². The third-order valence-electron chi connectivity index (χ3n) is 4.39. The summed E-state index contributed by atoms with van der Waals surface area (Å²) < 4.78 is 3.16. The van der Waals surface area contributed by atoms with Crippen molar-refractivity contribution in [1.82, 2.24) is 15.2 Å². The first-order valence-corrected chi connectivity index (χ1v) is 8.97. The molecule has 6 heteroatoms. The zero-order valence-corrected chi connectivity index (χ0v) is 16.8. The lowest BCUT2D eigenvalue weighted by Crippen LogP contribution is -2.29. The Kier molecular flexibility index (Phi) is 6.87. The number of hydrogen-bond acceptors (Lipinski definition) is 2. The van der Waals surface area contributed by atoms with E-state index >= 15 is 0 Å². The highest BCUT2D eigenvalue weighted by molar-refractivity contribution is 9.10. The molecule has 0 atom stereocenters. The predicted molar refractivity (Wildman–Crippen MR) is 108 cm³/mol. The Morgan fingerprint density at radius 2 is 2.00 bits per heavy atom. The van der Waals surface area contributed by atoms with Crippen LogP contribution in [0.5, 0.6) is 0 Å². The van der Waals surface area contributed by atoms with Gasteiger partial charge in [0.05, 0.1) is 5.56 Å². The summed E-state index contributed by atoms with van der Waals surface area (Å²) >= 11 is 3.46. The zero-order chi connectivity index (χ0) is 17.1. The topological polar surface area (TPSA) is 46.1 Å². The van der Waals surface area contributed by atoms with Crippen LogP contribution in [0.25, 0.3) is 5.69 Å². The second-order valence-corrected chi connectivity index (χ2v) is 7.01. The van der Waals surface area contributed by atoms with Crippen LogP contribution in [0.2, 0.25) is 0 Å². The molecule has 1 aromatic heterocycles. The molecular weight excluding hydrogens is 402 g/mol. The molecule has 0 bridgehead atoms. The molecule has 1 amide bonds. The number of nitrogens with one attached hydrogen (secondary N) is 2. The van der Waals surface area contributed by atoms with E-state index in [2.05, 4.69) is 37.2 Å². The van der Waals surface area contributed by atoms with Crippen LogP contribution in [0, 0.1) is 13.8 Å². The van der Waals surface area contributed by atoms with Crippen LogP contribution in [0.4, 0.5) is 0 Å². The molecule has 0 aliphatic carbocycles. The lowest BCUT2D eigenvalue weighted by molar-refractivity contribution is 0.0956.